The SMILES string of the molecule is CC.CN/N=C(\SC=O)C1CN(S(=O)(=O)N2CCCC2)CCC1NC(=O)c1ccc(OCc2cc(C)nc3ccccc23)cc1. The number of nitrogens with one attached hydrogen (secondary N) is 2. The number of pyridine rings is 1. The number of aromatic nitrogens is 1. The van der Waals surface area contributed by atoms with Gasteiger partial charge < -0.3 is 15.5 Å². The summed E-state index contributed by atoms with van der Waals surface area (Å²) in [6.07, 6.45) is 2.06. The predicted octanol–water partition coefficient (Wildman–Crippen LogP) is 4.37. The van der Waals surface area contributed by atoms with Crippen molar-refractivity contribution < 1.29 is 22.7 Å². The van der Waals surface area contributed by atoms with Gasteiger partial charge in [-0.25, -0.2) is 0 Å². The molecule has 2 N–H and O–H groups in total. The second-order valence-corrected chi connectivity index (χ2v) is 13.4. The number of fused-ring (bicyclic) bond motifs is 1. The molecule has 2 fully saturated rings. The highest BCUT2D eigenvalue weighted by Crippen LogP contribution is 2.28. The summed E-state index contributed by atoms with van der Waals surface area (Å²) in [6, 6.07) is 16.4. The lowest BCUT2D eigenvalue weighted by Gasteiger charge is -2.39. The van der Waals surface area contributed by atoms with Crippen molar-refractivity contribution in [3.8, 4) is 5.75 Å². The van der Waals surface area contributed by atoms with Crippen molar-refractivity contribution >= 4 is 49.4 Å². The zero-order valence-electron chi connectivity index (χ0n) is 26.2. The molecule has 1 aromatic heterocycles. The fraction of sp³-hybridized carbons (Fsp3) is 0.438. The van der Waals surface area contributed by atoms with Crippen LogP contribution in [0.3, 0.4) is 0 Å². The number of hydrogen-bond acceptors (Lipinski definition) is 9. The Morgan fingerprint density at radius 1 is 1.09 bits per heavy atom. The highest BCUT2D eigenvalue weighted by Gasteiger charge is 2.41. The van der Waals surface area contributed by atoms with E-state index in [-0.39, 0.29) is 19.0 Å². The number of carbonyl (C=O) groups excluding carboxylic acids is 2. The van der Waals surface area contributed by atoms with Crippen molar-refractivity contribution in [3.05, 3.63) is 71.4 Å². The molecule has 2 aromatic carbocycles. The van der Waals surface area contributed by atoms with Crippen molar-refractivity contribution in [2.24, 2.45) is 11.0 Å². The zero-order chi connectivity index (χ0) is 32.4. The third kappa shape index (κ3) is 8.40. The van der Waals surface area contributed by atoms with Crippen molar-refractivity contribution in [2.75, 3.05) is 33.2 Å². The number of aryl methyl sites for hydroxylation is 1. The van der Waals surface area contributed by atoms with E-state index in [4.69, 9.17) is 4.74 Å². The molecule has 45 heavy (non-hydrogen) atoms. The Morgan fingerprint density at radius 3 is 2.49 bits per heavy atom. The van der Waals surface area contributed by atoms with E-state index in [9.17, 15) is 18.0 Å². The molecule has 3 heterocycles. The average Bonchev–Trinajstić information content (AvgIpc) is 3.61. The van der Waals surface area contributed by atoms with E-state index in [1.165, 1.54) is 8.61 Å². The van der Waals surface area contributed by atoms with Crippen LogP contribution in [-0.4, -0.2) is 77.8 Å². The molecule has 5 rings (SSSR count). The highest BCUT2D eigenvalue weighted by molar-refractivity contribution is 8.24. The Balaban J connectivity index is 0.00000226. The van der Waals surface area contributed by atoms with E-state index < -0.39 is 22.2 Å². The fourth-order valence-corrected chi connectivity index (χ4v) is 8.01. The summed E-state index contributed by atoms with van der Waals surface area (Å²) in [7, 11) is -2.03. The molecule has 0 spiro atoms. The minimum absolute atomic E-state index is 0.112. The summed E-state index contributed by atoms with van der Waals surface area (Å²) < 4.78 is 35.6. The molecule has 2 atom stereocenters. The van der Waals surface area contributed by atoms with Crippen LogP contribution in [-0.2, 0) is 21.6 Å². The molecule has 2 saturated heterocycles. The van der Waals surface area contributed by atoms with Gasteiger partial charge in [-0.15, -0.1) is 0 Å². The van der Waals surface area contributed by atoms with E-state index in [1.807, 2.05) is 51.1 Å². The normalized spacial score (nSPS) is 19.4. The van der Waals surface area contributed by atoms with E-state index >= 15 is 0 Å². The maximum absolute atomic E-state index is 13.3. The van der Waals surface area contributed by atoms with Gasteiger partial charge >= 0.3 is 0 Å². The Hall–Kier alpha value is -3.52. The first-order chi connectivity index (χ1) is 21.8. The van der Waals surface area contributed by atoms with Gasteiger partial charge in [-0.3, -0.25) is 14.6 Å². The number of benzene rings is 2. The third-order valence-electron chi connectivity index (χ3n) is 7.76. The van der Waals surface area contributed by atoms with Crippen LogP contribution in [0.5, 0.6) is 5.75 Å². The van der Waals surface area contributed by atoms with Crippen LogP contribution in [0, 0.1) is 12.8 Å². The molecule has 11 nitrogen and oxygen atoms in total. The van der Waals surface area contributed by atoms with Gasteiger partial charge in [0.25, 0.3) is 16.1 Å². The van der Waals surface area contributed by atoms with Gasteiger partial charge in [-0.1, -0.05) is 32.0 Å². The second-order valence-electron chi connectivity index (χ2n) is 10.6. The van der Waals surface area contributed by atoms with Gasteiger partial charge in [0.1, 0.15) is 17.4 Å². The lowest BCUT2D eigenvalue weighted by Crippen LogP contribution is -2.56. The van der Waals surface area contributed by atoms with Crippen LogP contribution in [0.2, 0.25) is 0 Å². The number of nitrogens with zero attached hydrogens (tertiary/aromatic N) is 4. The molecule has 1 amide bonds. The molecule has 0 aliphatic carbocycles. The number of rotatable bonds is 10. The summed E-state index contributed by atoms with van der Waals surface area (Å²) in [6.45, 7) is 7.69. The maximum Gasteiger partial charge on any atom is 0.281 e. The standard InChI is InChI=1S/C30H36N6O5S2.C2H6/c1-21-17-23(25-7-3-4-8-27(25)32-21)19-41-24-11-9-22(10-12-24)29(38)33-28-13-16-36(43(39,40)35-14-5-6-15-35)18-26(28)30(34-31-2)42-20-37;1-2/h3-4,7-12,17,20,26,28,31H,5-6,13-16,18-19H2,1-2H3,(H,33,38);1-2H3/b34-30-;. The topological polar surface area (TPSA) is 133 Å². The molecule has 2 aliphatic heterocycles. The van der Waals surface area contributed by atoms with E-state index in [2.05, 4.69) is 20.8 Å². The predicted molar refractivity (Wildman–Crippen MR) is 180 cm³/mol. The van der Waals surface area contributed by atoms with Gasteiger partial charge in [0.15, 0.2) is 5.62 Å². The summed E-state index contributed by atoms with van der Waals surface area (Å²) in [5.41, 5.74) is 6.67. The van der Waals surface area contributed by atoms with Crippen LogP contribution in [0.4, 0.5) is 0 Å². The quantitative estimate of drug-likeness (QED) is 0.143. The summed E-state index contributed by atoms with van der Waals surface area (Å²) >= 11 is 0.886. The Bertz CT molecular complexity index is 1590. The van der Waals surface area contributed by atoms with Crippen LogP contribution in [0.15, 0.2) is 59.7 Å². The van der Waals surface area contributed by atoms with E-state index in [0.717, 1.165) is 46.8 Å². The first kappa shape index (κ1) is 34.4. The fourth-order valence-electron chi connectivity index (χ4n) is 5.62. The van der Waals surface area contributed by atoms with E-state index in [1.54, 1.807) is 31.3 Å². The number of para-hydroxylation sites is 1. The van der Waals surface area contributed by atoms with E-state index in [0.29, 0.717) is 48.1 Å². The number of hydrazone groups is 1. The van der Waals surface area contributed by atoms with Crippen LogP contribution in [0.1, 0.15) is 54.7 Å². The molecular formula is C32H42N6O5S2. The van der Waals surface area contributed by atoms with Crippen LogP contribution >= 0.6 is 11.8 Å². The second kappa shape index (κ2) is 16.2. The Kier molecular flexibility index (Phi) is 12.3. The third-order valence-corrected chi connectivity index (χ3v) is 10.5. The van der Waals surface area contributed by atoms with Gasteiger partial charge in [-0.2, -0.15) is 22.1 Å². The van der Waals surface area contributed by atoms with Crippen LogP contribution < -0.4 is 15.5 Å². The van der Waals surface area contributed by atoms with Crippen LogP contribution in [0.25, 0.3) is 10.9 Å². The summed E-state index contributed by atoms with van der Waals surface area (Å²) in [5, 5.41) is 8.78. The molecule has 0 saturated carbocycles. The zero-order valence-corrected chi connectivity index (χ0v) is 27.9. The van der Waals surface area contributed by atoms with Gasteiger partial charge in [-0.05, 0) is 74.3 Å². The van der Waals surface area contributed by atoms with Crippen molar-refractivity contribution in [2.45, 2.75) is 52.7 Å². The molecule has 3 aromatic rings. The molecule has 0 radical (unpaired) electrons. The number of carbonyl (C=O) groups is 2. The van der Waals surface area contributed by atoms with Gasteiger partial charge in [0, 0.05) is 67.4 Å². The number of hydrogen-bond donors (Lipinski definition) is 2. The summed E-state index contributed by atoms with van der Waals surface area (Å²) in [4.78, 5) is 29.3. The van der Waals surface area contributed by atoms with Gasteiger partial charge in [0.2, 0.25) is 0 Å². The molecule has 2 unspecified atom stereocenters. The minimum Gasteiger partial charge on any atom is -0.489 e. The van der Waals surface area contributed by atoms with Crippen molar-refractivity contribution in [1.82, 2.24) is 24.3 Å². The Morgan fingerprint density at radius 2 is 1.80 bits per heavy atom. The number of amides is 1. The molecule has 242 valence electrons. The lowest BCUT2D eigenvalue weighted by molar-refractivity contribution is 0.0912. The van der Waals surface area contributed by atoms with Crippen molar-refractivity contribution in [3.63, 3.8) is 0 Å². The first-order valence-corrected chi connectivity index (χ1v) is 17.6. The smallest absolute Gasteiger partial charge is 0.281 e. The molecule has 0 bridgehead atoms. The first-order valence-electron chi connectivity index (χ1n) is 15.3. The number of ether oxygens (including phenoxy) is 1. The molecule has 13 heteroatoms. The molecule has 2 aliphatic rings. The Labute approximate surface area is 270 Å². The average molecular weight is 655 g/mol. The lowest BCUT2D eigenvalue weighted by atomic mass is 9.93. The minimum atomic E-state index is -3.64. The maximum atomic E-state index is 13.3. The van der Waals surface area contributed by atoms with Crippen molar-refractivity contribution in [1.29, 1.82) is 0 Å². The highest BCUT2D eigenvalue weighted by atomic mass is 32.2. The number of thioether (sulfide) groups is 1. The van der Waals surface area contributed by atoms with Gasteiger partial charge in [0.05, 0.1) is 5.52 Å². The monoisotopic (exact) mass is 654 g/mol. The summed E-state index contributed by atoms with van der Waals surface area (Å²) in [5.74, 6) is -0.175. The molecular weight excluding hydrogens is 613 g/mol. The largest absolute Gasteiger partial charge is 0.489 e. The number of piperidine rings is 1.